The molecule has 1 aromatic carbocycles. The van der Waals surface area contributed by atoms with Crippen molar-refractivity contribution < 1.29 is 4.79 Å². The molecule has 21 heavy (non-hydrogen) atoms. The Morgan fingerprint density at radius 3 is 2.86 bits per heavy atom. The van der Waals surface area contributed by atoms with Gasteiger partial charge in [-0.2, -0.15) is 11.3 Å². The van der Waals surface area contributed by atoms with Gasteiger partial charge < -0.3 is 5.32 Å². The number of hydrogen-bond acceptors (Lipinski definition) is 4. The molecule has 0 radical (unpaired) electrons. The maximum absolute atomic E-state index is 12.2. The number of aromatic nitrogens is 1. The third-order valence-electron chi connectivity index (χ3n) is 2.88. The van der Waals surface area contributed by atoms with E-state index in [2.05, 4.69) is 26.2 Å². The number of amides is 1. The molecule has 0 atom stereocenters. The normalized spacial score (nSPS) is 10.6. The van der Waals surface area contributed by atoms with Gasteiger partial charge >= 0.3 is 0 Å². The van der Waals surface area contributed by atoms with Crippen LogP contribution in [0, 0.1) is 6.92 Å². The monoisotopic (exact) mass is 378 g/mol. The number of carbonyl (C=O) groups is 1. The van der Waals surface area contributed by atoms with Crippen molar-refractivity contribution in [3.05, 3.63) is 56.1 Å². The third kappa shape index (κ3) is 3.23. The minimum atomic E-state index is -0.197. The Labute approximate surface area is 138 Å². The van der Waals surface area contributed by atoms with Crippen LogP contribution in [0.2, 0.25) is 0 Å². The molecule has 1 amide bonds. The summed E-state index contributed by atoms with van der Waals surface area (Å²) in [5.41, 5.74) is 3.37. The average Bonchev–Trinajstić information content (AvgIpc) is 3.10. The van der Waals surface area contributed by atoms with Crippen LogP contribution in [0.25, 0.3) is 10.6 Å². The van der Waals surface area contributed by atoms with Crippen molar-refractivity contribution in [2.24, 2.45) is 0 Å². The minimum absolute atomic E-state index is 0.197. The van der Waals surface area contributed by atoms with Crippen molar-refractivity contribution in [2.75, 3.05) is 5.32 Å². The maximum atomic E-state index is 12.2. The highest BCUT2D eigenvalue weighted by atomic mass is 79.9. The van der Waals surface area contributed by atoms with Gasteiger partial charge in [-0.3, -0.25) is 4.79 Å². The summed E-state index contributed by atoms with van der Waals surface area (Å²) in [5.74, 6) is -0.197. The van der Waals surface area contributed by atoms with E-state index in [1.54, 1.807) is 16.7 Å². The molecular formula is C15H11BrN2OS2. The zero-order valence-corrected chi connectivity index (χ0v) is 14.3. The molecule has 2 aromatic heterocycles. The van der Waals surface area contributed by atoms with E-state index in [-0.39, 0.29) is 5.91 Å². The van der Waals surface area contributed by atoms with Gasteiger partial charge in [-0.1, -0.05) is 6.07 Å². The zero-order chi connectivity index (χ0) is 14.8. The lowest BCUT2D eigenvalue weighted by molar-refractivity contribution is 0.102. The SMILES string of the molecule is Cc1ccc(NC(=O)c2csc(-c3ccsc3)n2)c(Br)c1. The van der Waals surface area contributed by atoms with Gasteiger partial charge in [0.15, 0.2) is 0 Å². The number of benzene rings is 1. The molecule has 2 heterocycles. The molecule has 0 aliphatic carbocycles. The van der Waals surface area contributed by atoms with Crippen LogP contribution in [0.1, 0.15) is 16.1 Å². The summed E-state index contributed by atoms with van der Waals surface area (Å²) < 4.78 is 0.865. The van der Waals surface area contributed by atoms with Crippen LogP contribution in [0.3, 0.4) is 0 Å². The van der Waals surface area contributed by atoms with Gasteiger partial charge in [0.2, 0.25) is 0 Å². The molecule has 3 nitrogen and oxygen atoms in total. The Morgan fingerprint density at radius 1 is 1.29 bits per heavy atom. The molecule has 6 heteroatoms. The number of halogens is 1. The van der Waals surface area contributed by atoms with Crippen LogP contribution in [0.5, 0.6) is 0 Å². The zero-order valence-electron chi connectivity index (χ0n) is 11.1. The quantitative estimate of drug-likeness (QED) is 0.680. The van der Waals surface area contributed by atoms with Crippen LogP contribution >= 0.6 is 38.6 Å². The minimum Gasteiger partial charge on any atom is -0.320 e. The van der Waals surface area contributed by atoms with E-state index in [9.17, 15) is 4.79 Å². The van der Waals surface area contributed by atoms with Crippen LogP contribution in [-0.2, 0) is 0 Å². The molecule has 0 fully saturated rings. The summed E-state index contributed by atoms with van der Waals surface area (Å²) in [6.45, 7) is 2.00. The first-order valence-electron chi connectivity index (χ1n) is 6.19. The summed E-state index contributed by atoms with van der Waals surface area (Å²) in [7, 11) is 0. The molecule has 0 aliphatic rings. The number of nitrogens with one attached hydrogen (secondary N) is 1. The van der Waals surface area contributed by atoms with E-state index < -0.39 is 0 Å². The first kappa shape index (κ1) is 14.4. The number of aryl methyl sites for hydroxylation is 1. The molecule has 0 saturated carbocycles. The van der Waals surface area contributed by atoms with Gasteiger partial charge in [-0.25, -0.2) is 4.98 Å². The Bertz CT molecular complexity index is 781. The number of hydrogen-bond donors (Lipinski definition) is 1. The van der Waals surface area contributed by atoms with Crippen molar-refractivity contribution in [2.45, 2.75) is 6.92 Å². The Morgan fingerprint density at radius 2 is 2.14 bits per heavy atom. The Balaban J connectivity index is 1.79. The fourth-order valence-electron chi connectivity index (χ4n) is 1.80. The lowest BCUT2D eigenvalue weighted by atomic mass is 10.2. The van der Waals surface area contributed by atoms with Gasteiger partial charge in [-0.05, 0) is 52.0 Å². The molecule has 1 N–H and O–H groups in total. The second-order valence-electron chi connectivity index (χ2n) is 4.49. The topological polar surface area (TPSA) is 42.0 Å². The second-order valence-corrected chi connectivity index (χ2v) is 6.98. The Hall–Kier alpha value is -1.50. The van der Waals surface area contributed by atoms with Gasteiger partial charge in [-0.15, -0.1) is 11.3 Å². The van der Waals surface area contributed by atoms with Crippen LogP contribution in [0.15, 0.2) is 44.9 Å². The summed E-state index contributed by atoms with van der Waals surface area (Å²) in [5, 5.41) is 9.55. The fraction of sp³-hybridized carbons (Fsp3) is 0.0667. The molecule has 0 saturated heterocycles. The highest BCUT2D eigenvalue weighted by Gasteiger charge is 2.13. The summed E-state index contributed by atoms with van der Waals surface area (Å²) in [4.78, 5) is 16.6. The van der Waals surface area contributed by atoms with Crippen LogP contribution < -0.4 is 5.32 Å². The standard InChI is InChI=1S/C15H11BrN2OS2/c1-9-2-3-12(11(16)6-9)17-14(19)13-8-21-15(18-13)10-4-5-20-7-10/h2-8H,1H3,(H,17,19). The van der Waals surface area contributed by atoms with Crippen molar-refractivity contribution >= 4 is 50.2 Å². The highest BCUT2D eigenvalue weighted by molar-refractivity contribution is 9.10. The van der Waals surface area contributed by atoms with E-state index in [4.69, 9.17) is 0 Å². The van der Waals surface area contributed by atoms with E-state index in [0.29, 0.717) is 5.69 Å². The number of rotatable bonds is 3. The molecule has 3 aromatic rings. The molecule has 106 valence electrons. The molecule has 0 unspecified atom stereocenters. The molecular weight excluding hydrogens is 368 g/mol. The van der Waals surface area contributed by atoms with Gasteiger partial charge in [0.05, 0.1) is 5.69 Å². The van der Waals surface area contributed by atoms with Gasteiger partial charge in [0.1, 0.15) is 10.7 Å². The highest BCUT2D eigenvalue weighted by Crippen LogP contribution is 2.27. The number of nitrogens with zero attached hydrogens (tertiary/aromatic N) is 1. The van der Waals surface area contributed by atoms with E-state index in [1.165, 1.54) is 11.3 Å². The average molecular weight is 379 g/mol. The Kier molecular flexibility index (Phi) is 4.19. The summed E-state index contributed by atoms with van der Waals surface area (Å²) >= 11 is 6.55. The molecule has 0 aliphatic heterocycles. The van der Waals surface area contributed by atoms with Gasteiger partial charge in [0, 0.05) is 20.8 Å². The third-order valence-corrected chi connectivity index (χ3v) is 5.11. The van der Waals surface area contributed by atoms with Gasteiger partial charge in [0.25, 0.3) is 5.91 Å². The summed E-state index contributed by atoms with van der Waals surface area (Å²) in [6, 6.07) is 7.80. The summed E-state index contributed by atoms with van der Waals surface area (Å²) in [6.07, 6.45) is 0. The smallest absolute Gasteiger partial charge is 0.275 e. The first-order chi connectivity index (χ1) is 10.1. The maximum Gasteiger partial charge on any atom is 0.275 e. The largest absolute Gasteiger partial charge is 0.320 e. The lowest BCUT2D eigenvalue weighted by Gasteiger charge is -2.06. The second kappa shape index (κ2) is 6.09. The van der Waals surface area contributed by atoms with Crippen molar-refractivity contribution in [3.8, 4) is 10.6 Å². The molecule has 3 rings (SSSR count). The number of thiophene rings is 1. The fourth-order valence-corrected chi connectivity index (χ4v) is 3.91. The van der Waals surface area contributed by atoms with E-state index in [1.807, 2.05) is 41.9 Å². The number of carbonyl (C=O) groups excluding carboxylic acids is 1. The molecule has 0 spiro atoms. The van der Waals surface area contributed by atoms with E-state index >= 15 is 0 Å². The first-order valence-corrected chi connectivity index (χ1v) is 8.80. The molecule has 0 bridgehead atoms. The predicted molar refractivity (Wildman–Crippen MR) is 92.3 cm³/mol. The predicted octanol–water partition coefficient (Wildman–Crippen LogP) is 5.19. The van der Waals surface area contributed by atoms with Crippen molar-refractivity contribution in [1.82, 2.24) is 4.98 Å². The lowest BCUT2D eigenvalue weighted by Crippen LogP contribution is -2.12. The number of thiazole rings is 1. The van der Waals surface area contributed by atoms with Crippen LogP contribution in [-0.4, -0.2) is 10.9 Å². The van der Waals surface area contributed by atoms with E-state index in [0.717, 1.165) is 26.3 Å². The van der Waals surface area contributed by atoms with Crippen LogP contribution in [0.4, 0.5) is 5.69 Å². The number of anilines is 1. The van der Waals surface area contributed by atoms with Crippen molar-refractivity contribution in [1.29, 1.82) is 0 Å². The van der Waals surface area contributed by atoms with Crippen molar-refractivity contribution in [3.63, 3.8) is 0 Å².